The molecular formula is C27H36ClNO7. The number of aliphatic hydroxyl groups is 3. The quantitative estimate of drug-likeness (QED) is 0.324. The first-order valence-electron chi connectivity index (χ1n) is 12.5. The lowest BCUT2D eigenvalue weighted by Crippen LogP contribution is -2.57. The minimum absolute atomic E-state index is 0.138. The zero-order valence-corrected chi connectivity index (χ0v) is 21.5. The van der Waals surface area contributed by atoms with Gasteiger partial charge in [-0.3, -0.25) is 4.90 Å². The van der Waals surface area contributed by atoms with Gasteiger partial charge in [-0.1, -0.05) is 35.9 Å². The van der Waals surface area contributed by atoms with E-state index in [2.05, 4.69) is 4.90 Å². The van der Waals surface area contributed by atoms with Gasteiger partial charge in [-0.15, -0.1) is 0 Å². The second-order valence-electron chi connectivity index (χ2n) is 9.41. The zero-order chi connectivity index (χ0) is 25.7. The summed E-state index contributed by atoms with van der Waals surface area (Å²) in [6.45, 7) is 4.21. The van der Waals surface area contributed by atoms with E-state index in [1.807, 2.05) is 37.3 Å². The molecule has 0 amide bonds. The number of halogens is 1. The predicted molar refractivity (Wildman–Crippen MR) is 135 cm³/mol. The molecule has 2 fully saturated rings. The molecule has 0 spiro atoms. The van der Waals surface area contributed by atoms with E-state index in [0.29, 0.717) is 36.8 Å². The molecule has 0 saturated carbocycles. The molecule has 36 heavy (non-hydrogen) atoms. The molecule has 2 aromatic rings. The van der Waals surface area contributed by atoms with Crippen LogP contribution in [0.25, 0.3) is 0 Å². The van der Waals surface area contributed by atoms with Crippen molar-refractivity contribution in [3.05, 3.63) is 64.2 Å². The first kappa shape index (κ1) is 27.3. The fourth-order valence-electron chi connectivity index (χ4n) is 5.08. The van der Waals surface area contributed by atoms with Gasteiger partial charge in [0.15, 0.2) is 0 Å². The highest BCUT2D eigenvalue weighted by atomic mass is 35.5. The molecule has 2 aromatic carbocycles. The largest absolute Gasteiger partial charge is 0.494 e. The second-order valence-corrected chi connectivity index (χ2v) is 9.82. The van der Waals surface area contributed by atoms with Crippen molar-refractivity contribution in [3.63, 3.8) is 0 Å². The second kappa shape index (κ2) is 12.7. The molecule has 0 aromatic heterocycles. The zero-order valence-electron chi connectivity index (χ0n) is 20.8. The molecule has 2 aliphatic heterocycles. The van der Waals surface area contributed by atoms with Gasteiger partial charge in [0.25, 0.3) is 0 Å². The normalized spacial score (nSPS) is 28.9. The summed E-state index contributed by atoms with van der Waals surface area (Å²) in [5, 5.41) is 32.8. The molecule has 6 atom stereocenters. The third kappa shape index (κ3) is 6.38. The third-order valence-electron chi connectivity index (χ3n) is 7.03. The number of hydrogen-bond acceptors (Lipinski definition) is 8. The molecule has 2 saturated heterocycles. The molecule has 3 N–H and O–H groups in total. The SMILES string of the molecule is CCOc1ccc(Cc2cc([C@@H]3O[C@H](CN4CCC[C@H]4COOC)[C@@H](O)[C@H](O)[C@H]3O)ccc2Cl)cc1. The standard InChI is InChI=1S/C27H36ClNO7/c1-3-34-21-9-6-17(7-10-21)13-19-14-18(8-11-22(19)28)27-26(32)25(31)24(30)23(36-27)15-29-12-4-5-20(29)16-35-33-2/h6-11,14,20,23-27,30-32H,3-5,12-13,15-16H2,1-2H3/t20-,23+,24+,25-,26+,27-/m0/s1. The Morgan fingerprint density at radius 3 is 2.56 bits per heavy atom. The van der Waals surface area contributed by atoms with Crippen LogP contribution >= 0.6 is 11.6 Å². The summed E-state index contributed by atoms with van der Waals surface area (Å²) in [4.78, 5) is 12.1. The first-order chi connectivity index (χ1) is 17.4. The van der Waals surface area contributed by atoms with Crippen molar-refractivity contribution in [3.8, 4) is 5.75 Å². The van der Waals surface area contributed by atoms with Gasteiger partial charge >= 0.3 is 0 Å². The maximum absolute atomic E-state index is 10.8. The minimum Gasteiger partial charge on any atom is -0.494 e. The van der Waals surface area contributed by atoms with Crippen LogP contribution in [0.15, 0.2) is 42.5 Å². The Morgan fingerprint density at radius 1 is 1.06 bits per heavy atom. The Bertz CT molecular complexity index is 975. The number of hydrogen-bond donors (Lipinski definition) is 3. The van der Waals surface area contributed by atoms with Crippen molar-refractivity contribution < 1.29 is 34.6 Å². The van der Waals surface area contributed by atoms with Crippen LogP contribution in [0.4, 0.5) is 0 Å². The van der Waals surface area contributed by atoms with Crippen LogP contribution in [0.3, 0.4) is 0 Å². The summed E-state index contributed by atoms with van der Waals surface area (Å²) in [7, 11) is 1.48. The van der Waals surface area contributed by atoms with Gasteiger partial charge < -0.3 is 24.8 Å². The smallest absolute Gasteiger partial charge is 0.119 e. The molecule has 2 aliphatic rings. The van der Waals surface area contributed by atoms with Crippen molar-refractivity contribution in [2.24, 2.45) is 0 Å². The molecular weight excluding hydrogens is 486 g/mol. The van der Waals surface area contributed by atoms with E-state index in [9.17, 15) is 15.3 Å². The van der Waals surface area contributed by atoms with Crippen LogP contribution in [0.5, 0.6) is 5.75 Å². The molecule has 4 rings (SSSR count). The fourth-order valence-corrected chi connectivity index (χ4v) is 5.26. The van der Waals surface area contributed by atoms with Crippen LogP contribution < -0.4 is 4.74 Å². The Balaban J connectivity index is 1.50. The fraction of sp³-hybridized carbons (Fsp3) is 0.556. The number of benzene rings is 2. The maximum atomic E-state index is 10.8. The van der Waals surface area contributed by atoms with Crippen molar-refractivity contribution in [2.75, 3.05) is 33.4 Å². The average molecular weight is 522 g/mol. The number of likely N-dealkylation sites (tertiary alicyclic amines) is 1. The summed E-state index contributed by atoms with van der Waals surface area (Å²) in [6, 6.07) is 13.5. The van der Waals surface area contributed by atoms with Crippen molar-refractivity contribution >= 4 is 11.6 Å². The van der Waals surface area contributed by atoms with Crippen LogP contribution in [0.2, 0.25) is 5.02 Å². The minimum atomic E-state index is -1.34. The lowest BCUT2D eigenvalue weighted by Gasteiger charge is -2.42. The summed E-state index contributed by atoms with van der Waals surface area (Å²) < 4.78 is 11.8. The number of rotatable bonds is 10. The van der Waals surface area contributed by atoms with Gasteiger partial charge in [-0.2, -0.15) is 0 Å². The Hall–Kier alpha value is -1.75. The van der Waals surface area contributed by atoms with Crippen LogP contribution in [0, 0.1) is 0 Å². The van der Waals surface area contributed by atoms with E-state index < -0.39 is 30.5 Å². The van der Waals surface area contributed by atoms with Gasteiger partial charge in [0.1, 0.15) is 30.2 Å². The summed E-state index contributed by atoms with van der Waals surface area (Å²) in [6.07, 6.45) is -2.77. The highest BCUT2D eigenvalue weighted by molar-refractivity contribution is 6.31. The summed E-state index contributed by atoms with van der Waals surface area (Å²) >= 11 is 6.51. The van der Waals surface area contributed by atoms with E-state index in [4.69, 9.17) is 30.8 Å². The van der Waals surface area contributed by atoms with Crippen LogP contribution in [0.1, 0.15) is 42.6 Å². The lowest BCUT2D eigenvalue weighted by molar-refractivity contribution is -0.280. The highest BCUT2D eigenvalue weighted by Crippen LogP contribution is 2.35. The van der Waals surface area contributed by atoms with Crippen LogP contribution in [-0.4, -0.2) is 84.1 Å². The predicted octanol–water partition coefficient (Wildman–Crippen LogP) is 2.89. The molecule has 2 heterocycles. The number of ether oxygens (including phenoxy) is 2. The number of aliphatic hydroxyl groups excluding tert-OH is 3. The molecule has 0 bridgehead atoms. The van der Waals surface area contributed by atoms with E-state index >= 15 is 0 Å². The maximum Gasteiger partial charge on any atom is 0.119 e. The van der Waals surface area contributed by atoms with Gasteiger partial charge in [0, 0.05) is 17.6 Å². The van der Waals surface area contributed by atoms with E-state index in [-0.39, 0.29) is 6.04 Å². The third-order valence-corrected chi connectivity index (χ3v) is 7.40. The lowest BCUT2D eigenvalue weighted by atomic mass is 9.89. The Kier molecular flexibility index (Phi) is 9.60. The van der Waals surface area contributed by atoms with Gasteiger partial charge in [0.05, 0.1) is 26.4 Å². The first-order valence-corrected chi connectivity index (χ1v) is 12.9. The van der Waals surface area contributed by atoms with Gasteiger partial charge in [-0.05, 0) is 67.6 Å². The molecule has 9 heteroatoms. The molecule has 198 valence electrons. The molecule has 0 aliphatic carbocycles. The topological polar surface area (TPSA) is 101 Å². The summed E-state index contributed by atoms with van der Waals surface area (Å²) in [5.41, 5.74) is 2.64. The van der Waals surface area contributed by atoms with E-state index in [0.717, 1.165) is 36.3 Å². The summed E-state index contributed by atoms with van der Waals surface area (Å²) in [5.74, 6) is 0.812. The van der Waals surface area contributed by atoms with Crippen molar-refractivity contribution in [2.45, 2.75) is 62.7 Å². The number of nitrogens with zero attached hydrogens (tertiary/aromatic N) is 1. The van der Waals surface area contributed by atoms with E-state index in [1.165, 1.54) is 7.11 Å². The van der Waals surface area contributed by atoms with Crippen molar-refractivity contribution in [1.82, 2.24) is 4.90 Å². The van der Waals surface area contributed by atoms with Gasteiger partial charge in [0.2, 0.25) is 0 Å². The monoisotopic (exact) mass is 521 g/mol. The van der Waals surface area contributed by atoms with Crippen molar-refractivity contribution in [1.29, 1.82) is 0 Å². The van der Waals surface area contributed by atoms with E-state index in [1.54, 1.807) is 12.1 Å². The molecule has 8 nitrogen and oxygen atoms in total. The Morgan fingerprint density at radius 2 is 1.83 bits per heavy atom. The molecule has 0 unspecified atom stereocenters. The van der Waals surface area contributed by atoms with Crippen LogP contribution in [-0.2, 0) is 20.9 Å². The average Bonchev–Trinajstić information content (AvgIpc) is 3.32. The van der Waals surface area contributed by atoms with Gasteiger partial charge in [-0.25, -0.2) is 9.78 Å². The highest BCUT2D eigenvalue weighted by Gasteiger charge is 2.45. The molecule has 0 radical (unpaired) electrons. The Labute approximate surface area is 217 Å².